The number of carbonyl (C=O) groups excluding carboxylic acids is 1. The minimum absolute atomic E-state index is 0.195. The molecule has 0 aliphatic carbocycles. The number of methoxy groups -OCH3 is 1. The van der Waals surface area contributed by atoms with E-state index in [4.69, 9.17) is 4.74 Å². The van der Waals surface area contributed by atoms with Crippen LogP contribution in [0, 0.1) is 5.92 Å². The van der Waals surface area contributed by atoms with Gasteiger partial charge in [0.1, 0.15) is 6.04 Å². The summed E-state index contributed by atoms with van der Waals surface area (Å²) in [6.45, 7) is 4.78. The van der Waals surface area contributed by atoms with Gasteiger partial charge < -0.3 is 9.72 Å². The van der Waals surface area contributed by atoms with Crippen molar-refractivity contribution >= 4 is 16.9 Å². The average molecular weight is 274 g/mol. The van der Waals surface area contributed by atoms with Crippen molar-refractivity contribution in [1.29, 1.82) is 0 Å². The third-order valence-corrected chi connectivity index (χ3v) is 3.86. The molecule has 20 heavy (non-hydrogen) atoms. The minimum Gasteiger partial charge on any atom is -0.468 e. The highest BCUT2D eigenvalue weighted by Gasteiger charge is 2.24. The van der Waals surface area contributed by atoms with Crippen LogP contribution in [0.5, 0.6) is 0 Å². The molecule has 0 saturated carbocycles. The van der Waals surface area contributed by atoms with Crippen molar-refractivity contribution in [2.24, 2.45) is 5.92 Å². The molecule has 0 saturated heterocycles. The van der Waals surface area contributed by atoms with Gasteiger partial charge in [-0.15, -0.1) is 0 Å². The second kappa shape index (κ2) is 6.57. The summed E-state index contributed by atoms with van der Waals surface area (Å²) in [4.78, 5) is 15.1. The van der Waals surface area contributed by atoms with Crippen LogP contribution in [0.25, 0.3) is 10.9 Å². The second-order valence-electron chi connectivity index (χ2n) is 5.13. The third kappa shape index (κ3) is 3.02. The first-order valence-corrected chi connectivity index (χ1v) is 7.03. The molecule has 2 rings (SSSR count). The fourth-order valence-corrected chi connectivity index (χ4v) is 2.38. The van der Waals surface area contributed by atoms with Crippen molar-refractivity contribution in [3.8, 4) is 0 Å². The fraction of sp³-hybridized carbons (Fsp3) is 0.438. The molecule has 0 aliphatic heterocycles. The lowest BCUT2D eigenvalue weighted by atomic mass is 9.99. The summed E-state index contributed by atoms with van der Waals surface area (Å²) in [7, 11) is 1.44. The predicted octanol–water partition coefficient (Wildman–Crippen LogP) is 2.85. The Morgan fingerprint density at radius 2 is 2.15 bits per heavy atom. The summed E-state index contributed by atoms with van der Waals surface area (Å²) in [5.41, 5.74) is 2.28. The smallest absolute Gasteiger partial charge is 0.323 e. The molecule has 0 amide bonds. The van der Waals surface area contributed by atoms with Gasteiger partial charge in [-0.2, -0.15) is 0 Å². The number of nitrogens with one attached hydrogen (secondary N) is 2. The van der Waals surface area contributed by atoms with Crippen LogP contribution in [0.1, 0.15) is 25.8 Å². The van der Waals surface area contributed by atoms with E-state index in [0.717, 1.165) is 17.5 Å². The average Bonchev–Trinajstić information content (AvgIpc) is 2.90. The van der Waals surface area contributed by atoms with Crippen LogP contribution < -0.4 is 5.32 Å². The van der Waals surface area contributed by atoms with Crippen LogP contribution in [0.2, 0.25) is 0 Å². The van der Waals surface area contributed by atoms with Gasteiger partial charge in [0.2, 0.25) is 0 Å². The van der Waals surface area contributed by atoms with Crippen LogP contribution in [0.3, 0.4) is 0 Å². The molecule has 4 heteroatoms. The van der Waals surface area contributed by atoms with Crippen molar-refractivity contribution in [3.63, 3.8) is 0 Å². The second-order valence-corrected chi connectivity index (χ2v) is 5.13. The third-order valence-electron chi connectivity index (χ3n) is 3.86. The Balaban J connectivity index is 2.11. The summed E-state index contributed by atoms with van der Waals surface area (Å²) in [6.07, 6.45) is 2.92. The standard InChI is InChI=1S/C16H22N2O2/c1-4-11(2)15(16(19)20-3)18-10-12-9-17-14-8-6-5-7-13(12)14/h5-9,11,15,17-18H,4,10H2,1-3H3. The van der Waals surface area contributed by atoms with E-state index >= 15 is 0 Å². The van der Waals surface area contributed by atoms with E-state index < -0.39 is 0 Å². The number of aromatic amines is 1. The number of aromatic nitrogens is 1. The van der Waals surface area contributed by atoms with Crippen molar-refractivity contribution < 1.29 is 9.53 Å². The van der Waals surface area contributed by atoms with E-state index in [0.29, 0.717) is 6.54 Å². The summed E-state index contributed by atoms with van der Waals surface area (Å²) in [5, 5.41) is 4.51. The Labute approximate surface area is 119 Å². The Hall–Kier alpha value is -1.81. The molecule has 2 N–H and O–H groups in total. The van der Waals surface area contributed by atoms with Gasteiger partial charge in [0.25, 0.3) is 0 Å². The number of hydrogen-bond donors (Lipinski definition) is 2. The van der Waals surface area contributed by atoms with Crippen LogP contribution >= 0.6 is 0 Å². The van der Waals surface area contributed by atoms with E-state index in [1.165, 1.54) is 12.5 Å². The molecular formula is C16H22N2O2. The van der Waals surface area contributed by atoms with Crippen molar-refractivity contribution in [3.05, 3.63) is 36.0 Å². The molecule has 0 aliphatic rings. The van der Waals surface area contributed by atoms with E-state index in [-0.39, 0.29) is 17.9 Å². The molecule has 1 heterocycles. The van der Waals surface area contributed by atoms with Gasteiger partial charge in [-0.3, -0.25) is 10.1 Å². The van der Waals surface area contributed by atoms with Crippen LogP contribution in [-0.4, -0.2) is 24.1 Å². The van der Waals surface area contributed by atoms with Gasteiger partial charge in [0, 0.05) is 23.6 Å². The van der Waals surface area contributed by atoms with Gasteiger partial charge in [-0.05, 0) is 17.5 Å². The number of benzene rings is 1. The minimum atomic E-state index is -0.265. The lowest BCUT2D eigenvalue weighted by Gasteiger charge is -2.21. The van der Waals surface area contributed by atoms with Gasteiger partial charge in [0.05, 0.1) is 7.11 Å². The van der Waals surface area contributed by atoms with Gasteiger partial charge in [-0.1, -0.05) is 38.5 Å². The molecular weight excluding hydrogens is 252 g/mol. The highest BCUT2D eigenvalue weighted by atomic mass is 16.5. The SMILES string of the molecule is CCC(C)C(NCc1c[nH]c2ccccc12)C(=O)OC. The molecule has 1 aromatic carbocycles. The molecule has 2 unspecified atom stereocenters. The number of esters is 1. The molecule has 2 aromatic rings. The molecule has 0 spiro atoms. The summed E-state index contributed by atoms with van der Waals surface area (Å²) >= 11 is 0. The highest BCUT2D eigenvalue weighted by molar-refractivity contribution is 5.83. The van der Waals surface area contributed by atoms with Gasteiger partial charge >= 0.3 is 5.97 Å². The number of H-pyrrole nitrogens is 1. The molecule has 0 bridgehead atoms. The zero-order chi connectivity index (χ0) is 14.5. The Bertz CT molecular complexity index is 577. The number of rotatable bonds is 6. The number of fused-ring (bicyclic) bond motifs is 1. The zero-order valence-corrected chi connectivity index (χ0v) is 12.3. The van der Waals surface area contributed by atoms with Crippen molar-refractivity contribution in [1.82, 2.24) is 10.3 Å². The number of para-hydroxylation sites is 1. The molecule has 108 valence electrons. The number of ether oxygens (including phenoxy) is 1. The lowest BCUT2D eigenvalue weighted by Crippen LogP contribution is -2.42. The predicted molar refractivity (Wildman–Crippen MR) is 80.4 cm³/mol. The monoisotopic (exact) mass is 274 g/mol. The zero-order valence-electron chi connectivity index (χ0n) is 12.3. The molecule has 4 nitrogen and oxygen atoms in total. The van der Waals surface area contributed by atoms with Gasteiger partial charge in [-0.25, -0.2) is 0 Å². The number of carbonyl (C=O) groups is 1. The largest absolute Gasteiger partial charge is 0.468 e. The van der Waals surface area contributed by atoms with E-state index in [9.17, 15) is 4.79 Å². The summed E-state index contributed by atoms with van der Waals surface area (Å²) in [5.74, 6) is 0.0480. The molecule has 0 fully saturated rings. The van der Waals surface area contributed by atoms with Crippen molar-refractivity contribution in [2.75, 3.05) is 7.11 Å². The van der Waals surface area contributed by atoms with Crippen molar-refractivity contribution in [2.45, 2.75) is 32.9 Å². The topological polar surface area (TPSA) is 54.1 Å². The van der Waals surface area contributed by atoms with E-state index in [1.54, 1.807) is 0 Å². The van der Waals surface area contributed by atoms with Gasteiger partial charge in [0.15, 0.2) is 0 Å². The molecule has 1 aromatic heterocycles. The van der Waals surface area contributed by atoms with E-state index in [2.05, 4.69) is 30.2 Å². The summed E-state index contributed by atoms with van der Waals surface area (Å²) < 4.78 is 4.88. The maximum atomic E-state index is 11.8. The number of hydrogen-bond acceptors (Lipinski definition) is 3. The first-order chi connectivity index (χ1) is 9.67. The normalized spacial score (nSPS) is 14.2. The van der Waals surface area contributed by atoms with E-state index in [1.807, 2.05) is 24.4 Å². The van der Waals surface area contributed by atoms with Crippen LogP contribution in [0.15, 0.2) is 30.5 Å². The Kier molecular flexibility index (Phi) is 4.79. The quantitative estimate of drug-likeness (QED) is 0.796. The van der Waals surface area contributed by atoms with Crippen LogP contribution in [0.4, 0.5) is 0 Å². The van der Waals surface area contributed by atoms with Crippen LogP contribution in [-0.2, 0) is 16.1 Å². The Morgan fingerprint density at radius 3 is 2.85 bits per heavy atom. The molecule has 0 radical (unpaired) electrons. The molecule has 2 atom stereocenters. The Morgan fingerprint density at radius 1 is 1.40 bits per heavy atom. The fourth-order valence-electron chi connectivity index (χ4n) is 2.38. The maximum Gasteiger partial charge on any atom is 0.323 e. The lowest BCUT2D eigenvalue weighted by molar-refractivity contribution is -0.144. The highest BCUT2D eigenvalue weighted by Crippen LogP contribution is 2.18. The summed E-state index contributed by atoms with van der Waals surface area (Å²) in [6, 6.07) is 7.89. The first kappa shape index (κ1) is 14.6. The maximum absolute atomic E-state index is 11.8. The first-order valence-electron chi connectivity index (χ1n) is 7.03.